The van der Waals surface area contributed by atoms with Gasteiger partial charge in [-0.15, -0.1) is 23.1 Å². The number of hydrogen-bond donors (Lipinski definition) is 1. The standard InChI is InChI=1S/C20H25N3O2S2/c1-2-16-6-3-4-7-17(16)21-18(24)14-22-9-11-23(12-10-22)19(25)15-27-20-8-5-13-26-20/h3-8,13H,2,9-12,14-15H2,1H3,(H,21,24). The summed E-state index contributed by atoms with van der Waals surface area (Å²) >= 11 is 3.26. The number of piperazine rings is 1. The van der Waals surface area contributed by atoms with Crippen LogP contribution >= 0.6 is 23.1 Å². The van der Waals surface area contributed by atoms with E-state index in [9.17, 15) is 9.59 Å². The lowest BCUT2D eigenvalue weighted by molar-refractivity contribution is -0.130. The highest BCUT2D eigenvalue weighted by Crippen LogP contribution is 2.23. The highest BCUT2D eigenvalue weighted by molar-refractivity contribution is 8.01. The van der Waals surface area contributed by atoms with E-state index in [1.807, 2.05) is 46.7 Å². The van der Waals surface area contributed by atoms with Crippen molar-refractivity contribution in [3.63, 3.8) is 0 Å². The summed E-state index contributed by atoms with van der Waals surface area (Å²) in [5.41, 5.74) is 2.04. The molecule has 1 saturated heterocycles. The second-order valence-electron chi connectivity index (χ2n) is 6.44. The Morgan fingerprint density at radius 1 is 1.11 bits per heavy atom. The van der Waals surface area contributed by atoms with Crippen molar-refractivity contribution in [1.82, 2.24) is 9.80 Å². The van der Waals surface area contributed by atoms with Gasteiger partial charge in [-0.1, -0.05) is 31.2 Å². The molecule has 0 saturated carbocycles. The lowest BCUT2D eigenvalue weighted by Gasteiger charge is -2.34. The van der Waals surface area contributed by atoms with Crippen molar-refractivity contribution in [3.8, 4) is 0 Å². The molecule has 7 heteroatoms. The Balaban J connectivity index is 1.41. The van der Waals surface area contributed by atoms with Crippen LogP contribution in [0, 0.1) is 0 Å². The number of carbonyl (C=O) groups is 2. The first-order valence-corrected chi connectivity index (χ1v) is 11.1. The molecule has 2 heterocycles. The van der Waals surface area contributed by atoms with Crippen molar-refractivity contribution in [1.29, 1.82) is 0 Å². The fourth-order valence-corrected chi connectivity index (χ4v) is 4.76. The fourth-order valence-electron chi connectivity index (χ4n) is 3.07. The topological polar surface area (TPSA) is 52.7 Å². The molecule has 0 atom stereocenters. The maximum absolute atomic E-state index is 12.4. The molecule has 1 aromatic heterocycles. The van der Waals surface area contributed by atoms with Gasteiger partial charge in [-0.25, -0.2) is 0 Å². The third kappa shape index (κ3) is 5.82. The van der Waals surface area contributed by atoms with Crippen LogP contribution in [0.25, 0.3) is 0 Å². The molecule has 27 heavy (non-hydrogen) atoms. The maximum atomic E-state index is 12.4. The minimum atomic E-state index is 0.00364. The molecule has 1 N–H and O–H groups in total. The van der Waals surface area contributed by atoms with Crippen molar-refractivity contribution in [2.75, 3.05) is 43.8 Å². The van der Waals surface area contributed by atoms with E-state index in [4.69, 9.17) is 0 Å². The van der Waals surface area contributed by atoms with Crippen LogP contribution in [0.3, 0.4) is 0 Å². The molecular weight excluding hydrogens is 378 g/mol. The van der Waals surface area contributed by atoms with E-state index < -0.39 is 0 Å². The van der Waals surface area contributed by atoms with Gasteiger partial charge < -0.3 is 10.2 Å². The predicted molar refractivity (Wildman–Crippen MR) is 113 cm³/mol. The van der Waals surface area contributed by atoms with Crippen LogP contribution in [0.4, 0.5) is 5.69 Å². The number of anilines is 1. The van der Waals surface area contributed by atoms with Gasteiger partial charge in [-0.05, 0) is 29.5 Å². The number of nitrogens with one attached hydrogen (secondary N) is 1. The monoisotopic (exact) mass is 403 g/mol. The molecule has 0 unspecified atom stereocenters. The molecule has 1 aliphatic heterocycles. The quantitative estimate of drug-likeness (QED) is 0.722. The Morgan fingerprint density at radius 3 is 2.59 bits per heavy atom. The van der Waals surface area contributed by atoms with E-state index in [0.717, 1.165) is 30.8 Å². The van der Waals surface area contributed by atoms with Crippen LogP contribution in [0.15, 0.2) is 46.0 Å². The average Bonchev–Trinajstić information content (AvgIpc) is 3.20. The highest BCUT2D eigenvalue weighted by Gasteiger charge is 2.22. The number of rotatable bonds is 7. The summed E-state index contributed by atoms with van der Waals surface area (Å²) in [7, 11) is 0. The van der Waals surface area contributed by atoms with Crippen LogP contribution < -0.4 is 5.32 Å². The van der Waals surface area contributed by atoms with Gasteiger partial charge in [0.1, 0.15) is 0 Å². The van der Waals surface area contributed by atoms with Gasteiger partial charge in [0.2, 0.25) is 11.8 Å². The number of carbonyl (C=O) groups excluding carboxylic acids is 2. The van der Waals surface area contributed by atoms with Crippen LogP contribution in [0.5, 0.6) is 0 Å². The second-order valence-corrected chi connectivity index (χ2v) is 8.66. The van der Waals surface area contributed by atoms with Gasteiger partial charge >= 0.3 is 0 Å². The Bertz CT molecular complexity index is 756. The maximum Gasteiger partial charge on any atom is 0.238 e. The number of para-hydroxylation sites is 1. The molecule has 0 spiro atoms. The number of aryl methyl sites for hydroxylation is 1. The Kier molecular flexibility index (Phi) is 7.32. The number of benzene rings is 1. The van der Waals surface area contributed by atoms with Crippen molar-refractivity contribution in [2.24, 2.45) is 0 Å². The van der Waals surface area contributed by atoms with Gasteiger partial charge in [-0.3, -0.25) is 14.5 Å². The fraction of sp³-hybridized carbons (Fsp3) is 0.400. The highest BCUT2D eigenvalue weighted by atomic mass is 32.2. The second kappa shape index (κ2) is 9.92. The Morgan fingerprint density at radius 2 is 1.89 bits per heavy atom. The Labute approximate surface area is 168 Å². The van der Waals surface area contributed by atoms with Gasteiger partial charge in [0, 0.05) is 31.9 Å². The summed E-state index contributed by atoms with van der Waals surface area (Å²) in [6, 6.07) is 11.9. The molecule has 0 radical (unpaired) electrons. The van der Waals surface area contributed by atoms with Crippen LogP contribution in [0.1, 0.15) is 12.5 Å². The van der Waals surface area contributed by atoms with E-state index in [1.165, 1.54) is 4.21 Å². The molecule has 144 valence electrons. The first-order chi connectivity index (χ1) is 13.2. The summed E-state index contributed by atoms with van der Waals surface area (Å²) < 4.78 is 1.17. The van der Waals surface area contributed by atoms with Crippen molar-refractivity contribution >= 4 is 40.6 Å². The van der Waals surface area contributed by atoms with E-state index in [2.05, 4.69) is 17.1 Å². The Hall–Kier alpha value is -1.83. The summed E-state index contributed by atoms with van der Waals surface area (Å²) in [6.45, 7) is 5.28. The van der Waals surface area contributed by atoms with Gasteiger partial charge in [-0.2, -0.15) is 0 Å². The number of amides is 2. The van der Waals surface area contributed by atoms with Gasteiger partial charge in [0.05, 0.1) is 16.5 Å². The molecule has 1 aliphatic rings. The lowest BCUT2D eigenvalue weighted by Crippen LogP contribution is -2.50. The molecule has 3 rings (SSSR count). The van der Waals surface area contributed by atoms with Crippen LogP contribution in [0.2, 0.25) is 0 Å². The molecule has 2 aromatic rings. The lowest BCUT2D eigenvalue weighted by atomic mass is 10.1. The largest absolute Gasteiger partial charge is 0.339 e. The third-order valence-corrected chi connectivity index (χ3v) is 6.71. The smallest absolute Gasteiger partial charge is 0.238 e. The molecule has 2 amide bonds. The number of hydrogen-bond acceptors (Lipinski definition) is 5. The third-order valence-electron chi connectivity index (χ3n) is 4.60. The first kappa shape index (κ1) is 19.9. The first-order valence-electron chi connectivity index (χ1n) is 9.20. The molecule has 5 nitrogen and oxygen atoms in total. The molecule has 1 aromatic carbocycles. The van der Waals surface area contributed by atoms with Crippen LogP contribution in [-0.2, 0) is 16.0 Å². The molecule has 0 bridgehead atoms. The van der Waals surface area contributed by atoms with E-state index in [-0.39, 0.29) is 11.8 Å². The van der Waals surface area contributed by atoms with Gasteiger partial charge in [0.25, 0.3) is 0 Å². The van der Waals surface area contributed by atoms with Crippen molar-refractivity contribution in [3.05, 3.63) is 47.3 Å². The summed E-state index contributed by atoms with van der Waals surface area (Å²) in [5.74, 6) is 0.660. The van der Waals surface area contributed by atoms with Crippen LogP contribution in [-0.4, -0.2) is 60.1 Å². The zero-order valence-electron chi connectivity index (χ0n) is 15.5. The summed E-state index contributed by atoms with van der Waals surface area (Å²) in [6.07, 6.45) is 0.890. The average molecular weight is 404 g/mol. The summed E-state index contributed by atoms with van der Waals surface area (Å²) in [4.78, 5) is 28.7. The van der Waals surface area contributed by atoms with E-state index in [0.29, 0.717) is 25.4 Å². The number of thiophene rings is 1. The SMILES string of the molecule is CCc1ccccc1NC(=O)CN1CCN(C(=O)CSc2cccs2)CC1. The minimum Gasteiger partial charge on any atom is -0.339 e. The zero-order valence-corrected chi connectivity index (χ0v) is 17.2. The normalized spacial score (nSPS) is 14.9. The molecular formula is C20H25N3O2S2. The van der Waals surface area contributed by atoms with Gasteiger partial charge in [0.15, 0.2) is 0 Å². The van der Waals surface area contributed by atoms with E-state index in [1.54, 1.807) is 23.1 Å². The number of nitrogens with zero attached hydrogens (tertiary/aromatic N) is 2. The zero-order chi connectivity index (χ0) is 19.1. The minimum absolute atomic E-state index is 0.00364. The number of thioether (sulfide) groups is 1. The van der Waals surface area contributed by atoms with Crippen molar-refractivity contribution in [2.45, 2.75) is 17.6 Å². The van der Waals surface area contributed by atoms with E-state index >= 15 is 0 Å². The summed E-state index contributed by atoms with van der Waals surface area (Å²) in [5, 5.41) is 5.04. The predicted octanol–water partition coefficient (Wildman–Crippen LogP) is 3.19. The van der Waals surface area contributed by atoms with Crippen molar-refractivity contribution < 1.29 is 9.59 Å². The molecule has 0 aliphatic carbocycles. The molecule has 1 fully saturated rings.